The van der Waals surface area contributed by atoms with Gasteiger partial charge in [-0.3, -0.25) is 0 Å². The third-order valence-electron chi connectivity index (χ3n) is 5.54. The van der Waals surface area contributed by atoms with E-state index in [1.807, 2.05) is 60.7 Å². The number of nitrogens with zero attached hydrogens (tertiary/aromatic N) is 5. The second kappa shape index (κ2) is 8.72. The van der Waals surface area contributed by atoms with Gasteiger partial charge >= 0.3 is 0 Å². The molecule has 2 aromatic carbocycles. The van der Waals surface area contributed by atoms with Gasteiger partial charge in [-0.05, 0) is 0 Å². The Balaban J connectivity index is 1.38. The molecule has 4 heterocycles. The highest BCUT2D eigenvalue weighted by Gasteiger charge is 2.14. The van der Waals surface area contributed by atoms with Crippen molar-refractivity contribution in [2.75, 3.05) is 5.32 Å². The Morgan fingerprint density at radius 3 is 2.08 bits per heavy atom. The molecule has 0 aliphatic carbocycles. The topological polar surface area (TPSA) is 164 Å². The van der Waals surface area contributed by atoms with E-state index in [9.17, 15) is 10.2 Å². The molecule has 176 valence electrons. The van der Waals surface area contributed by atoms with Gasteiger partial charge in [0, 0.05) is 34.3 Å². The van der Waals surface area contributed by atoms with Gasteiger partial charge in [-0.25, -0.2) is 9.97 Å². The van der Waals surface area contributed by atoms with Crippen molar-refractivity contribution in [3.05, 3.63) is 84.9 Å². The zero-order valence-corrected chi connectivity index (χ0v) is 18.6. The quantitative estimate of drug-likeness (QED) is 0.217. The second-order valence-corrected chi connectivity index (χ2v) is 7.84. The number of aromatic nitrogens is 7. The van der Waals surface area contributed by atoms with Crippen molar-refractivity contribution < 1.29 is 10.2 Å². The van der Waals surface area contributed by atoms with Crippen LogP contribution in [-0.4, -0.2) is 45.1 Å². The summed E-state index contributed by atoms with van der Waals surface area (Å²) in [4.78, 5) is 30.7. The summed E-state index contributed by atoms with van der Waals surface area (Å²) in [5.74, 6) is 0.675. The summed E-state index contributed by atoms with van der Waals surface area (Å²) in [5, 5.41) is 25.1. The predicted molar refractivity (Wildman–Crippen MR) is 134 cm³/mol. The molecule has 0 atom stereocenters. The van der Waals surface area contributed by atoms with E-state index in [1.54, 1.807) is 12.4 Å². The molecule has 6 rings (SSSR count). The number of fused-ring (bicyclic) bond motifs is 1. The molecule has 0 radical (unpaired) electrons. The molecule has 6 N–H and O–H groups in total. The maximum absolute atomic E-state index is 10.3. The fourth-order valence-electron chi connectivity index (χ4n) is 3.87. The molecule has 0 saturated heterocycles. The van der Waals surface area contributed by atoms with E-state index in [1.165, 1.54) is 6.33 Å². The van der Waals surface area contributed by atoms with Crippen LogP contribution in [0.5, 0.6) is 11.8 Å². The maximum Gasteiger partial charge on any atom is 0.239 e. The highest BCUT2D eigenvalue weighted by Crippen LogP contribution is 2.30. The van der Waals surface area contributed by atoms with Crippen LogP contribution in [0.2, 0.25) is 0 Å². The second-order valence-electron chi connectivity index (χ2n) is 7.84. The number of H-pyrrole nitrogens is 3. The molecule has 6 aromatic rings. The Labute approximate surface area is 203 Å². The van der Waals surface area contributed by atoms with E-state index >= 15 is 0 Å². The fourth-order valence-corrected chi connectivity index (χ4v) is 3.87. The van der Waals surface area contributed by atoms with E-state index in [4.69, 9.17) is 0 Å². The Hall–Kier alpha value is -5.45. The maximum atomic E-state index is 10.3. The first-order valence-electron chi connectivity index (χ1n) is 11.0. The van der Waals surface area contributed by atoms with Crippen LogP contribution in [0.15, 0.2) is 84.4 Å². The van der Waals surface area contributed by atoms with Gasteiger partial charge in [0.1, 0.15) is 23.5 Å². The Morgan fingerprint density at radius 2 is 1.36 bits per heavy atom. The summed E-state index contributed by atoms with van der Waals surface area (Å²) >= 11 is 0. The molecule has 36 heavy (non-hydrogen) atoms. The van der Waals surface area contributed by atoms with Gasteiger partial charge < -0.3 is 30.5 Å². The highest BCUT2D eigenvalue weighted by atomic mass is 16.3. The highest BCUT2D eigenvalue weighted by molar-refractivity contribution is 5.91. The van der Waals surface area contributed by atoms with Crippen LogP contribution in [0, 0.1) is 0 Å². The number of hydrogen-bond acceptors (Lipinski definition) is 8. The van der Waals surface area contributed by atoms with Gasteiger partial charge in [-0.2, -0.15) is 15.0 Å². The number of imidazole rings is 2. The van der Waals surface area contributed by atoms with Crippen LogP contribution < -0.4 is 10.8 Å². The lowest BCUT2D eigenvalue weighted by atomic mass is 10.2. The Kier molecular flexibility index (Phi) is 5.11. The summed E-state index contributed by atoms with van der Waals surface area (Å²) in [7, 11) is 0. The molecule has 4 aromatic heterocycles. The van der Waals surface area contributed by atoms with Crippen molar-refractivity contribution in [1.29, 1.82) is 0 Å². The van der Waals surface area contributed by atoms with Crippen molar-refractivity contribution in [2.24, 2.45) is 4.99 Å². The lowest BCUT2D eigenvalue weighted by Gasteiger charge is -2.00. The minimum absolute atomic E-state index is 0.130. The lowest BCUT2D eigenvalue weighted by molar-refractivity contribution is 0.458. The molecular formula is C25H19N9O2. The lowest BCUT2D eigenvalue weighted by Crippen LogP contribution is -2.03. The summed E-state index contributed by atoms with van der Waals surface area (Å²) in [5.41, 5.74) is 2.88. The van der Waals surface area contributed by atoms with Gasteiger partial charge in [0.05, 0.1) is 0 Å². The van der Waals surface area contributed by atoms with Crippen molar-refractivity contribution in [3.63, 3.8) is 0 Å². The number of aromatic amines is 3. The number of anilines is 2. The summed E-state index contributed by atoms with van der Waals surface area (Å²) in [6.07, 6.45) is 4.86. The largest absolute Gasteiger partial charge is 0.492 e. The predicted octanol–water partition coefficient (Wildman–Crippen LogP) is 4.13. The standard InChI is InChI=1S/C25H19N9O2/c35-22-18(14-7-3-1-4-8-14)29-24(33-22)31-20-16-11-26-12-17(16)21(28-13-27-20)32-25-30-19(23(36)34-25)15-9-5-2-6-10-15/h1-13,26,35-36H,(H3,27,28,29,30,31,32,33,34). The minimum atomic E-state index is -0.155. The number of nitrogens with one attached hydrogen (secondary N) is 4. The minimum Gasteiger partial charge on any atom is -0.492 e. The summed E-state index contributed by atoms with van der Waals surface area (Å²) in [6.45, 7) is 0. The van der Waals surface area contributed by atoms with Crippen LogP contribution in [0.1, 0.15) is 0 Å². The number of benzene rings is 2. The van der Waals surface area contributed by atoms with E-state index in [0.29, 0.717) is 39.4 Å². The fraction of sp³-hybridized carbons (Fsp3) is 0. The number of hydrogen-bond donors (Lipinski definition) is 6. The Morgan fingerprint density at radius 1 is 0.722 bits per heavy atom. The van der Waals surface area contributed by atoms with Gasteiger partial charge in [-0.1, -0.05) is 60.7 Å². The number of aromatic hydroxyl groups is 2. The normalized spacial score (nSPS) is 11.7. The van der Waals surface area contributed by atoms with Crippen LogP contribution in [0.4, 0.5) is 17.7 Å². The average Bonchev–Trinajstić information content (AvgIpc) is 3.60. The van der Waals surface area contributed by atoms with Crippen molar-refractivity contribution >= 4 is 28.5 Å². The van der Waals surface area contributed by atoms with Gasteiger partial charge in [0.15, 0.2) is 5.49 Å². The van der Waals surface area contributed by atoms with E-state index < -0.39 is 0 Å². The third-order valence-corrected chi connectivity index (χ3v) is 5.54. The van der Waals surface area contributed by atoms with E-state index in [-0.39, 0.29) is 17.7 Å². The molecule has 0 fully saturated rings. The van der Waals surface area contributed by atoms with Crippen molar-refractivity contribution in [3.8, 4) is 34.3 Å². The molecule has 11 nitrogen and oxygen atoms in total. The van der Waals surface area contributed by atoms with Gasteiger partial charge in [0.2, 0.25) is 23.7 Å². The summed E-state index contributed by atoms with van der Waals surface area (Å²) in [6, 6.07) is 18.8. The average molecular weight is 477 g/mol. The molecule has 0 unspecified atom stereocenters. The molecule has 0 saturated carbocycles. The molecule has 0 aliphatic heterocycles. The third kappa shape index (κ3) is 3.90. The van der Waals surface area contributed by atoms with Gasteiger partial charge in [0.25, 0.3) is 0 Å². The summed E-state index contributed by atoms with van der Waals surface area (Å²) < 4.78 is 0. The first-order valence-corrected chi connectivity index (χ1v) is 11.0. The zero-order chi connectivity index (χ0) is 24.5. The first-order chi connectivity index (χ1) is 17.7. The molecule has 0 amide bonds. The van der Waals surface area contributed by atoms with E-state index in [0.717, 1.165) is 11.1 Å². The molecular weight excluding hydrogens is 458 g/mol. The van der Waals surface area contributed by atoms with Crippen LogP contribution >= 0.6 is 0 Å². The smallest absolute Gasteiger partial charge is 0.239 e. The molecule has 0 bridgehead atoms. The van der Waals surface area contributed by atoms with Crippen molar-refractivity contribution in [1.82, 2.24) is 34.9 Å². The number of rotatable bonds is 5. The SMILES string of the molecule is Oc1nc(/N=c2\ncnc(Nc3nc(O)c(-c4ccccc4)[nH]3)c3c[nH]cc23)[nH]c1-c1ccccc1. The monoisotopic (exact) mass is 477 g/mol. The van der Waals surface area contributed by atoms with Crippen LogP contribution in [0.25, 0.3) is 33.3 Å². The zero-order valence-electron chi connectivity index (χ0n) is 18.6. The van der Waals surface area contributed by atoms with Crippen molar-refractivity contribution in [2.45, 2.75) is 0 Å². The Bertz CT molecular complexity index is 1740. The van der Waals surface area contributed by atoms with E-state index in [2.05, 4.69) is 45.2 Å². The molecule has 11 heteroatoms. The first kappa shape index (κ1) is 21.1. The molecule has 0 spiro atoms. The van der Waals surface area contributed by atoms with Crippen LogP contribution in [-0.2, 0) is 0 Å². The van der Waals surface area contributed by atoms with Crippen LogP contribution in [0.3, 0.4) is 0 Å². The van der Waals surface area contributed by atoms with Gasteiger partial charge in [-0.15, -0.1) is 0 Å². The molecule has 0 aliphatic rings.